The molecule has 0 heterocycles. The molecule has 0 saturated carbocycles. The van der Waals surface area contributed by atoms with Crippen molar-refractivity contribution in [3.8, 4) is 6.07 Å². The predicted octanol–water partition coefficient (Wildman–Crippen LogP) is 3.09. The first kappa shape index (κ1) is 15.5. The average molecular weight is 263 g/mol. The topological polar surface area (TPSA) is 39.1 Å². The van der Waals surface area contributed by atoms with Crippen molar-refractivity contribution in [2.24, 2.45) is 5.92 Å². The van der Waals surface area contributed by atoms with Crippen LogP contribution in [0.1, 0.15) is 32.4 Å². The van der Waals surface area contributed by atoms with Gasteiger partial charge in [-0.3, -0.25) is 0 Å². The minimum atomic E-state index is -0.206. The number of halogens is 1. The van der Waals surface area contributed by atoms with Gasteiger partial charge >= 0.3 is 0 Å². The largest absolute Gasteiger partial charge is 0.370 e. The molecular weight excluding hydrogens is 241 g/mol. The summed E-state index contributed by atoms with van der Waals surface area (Å²) in [5.41, 5.74) is 1.53. The first-order valence-electron chi connectivity index (χ1n) is 6.65. The van der Waals surface area contributed by atoms with Crippen molar-refractivity contribution in [3.05, 3.63) is 29.6 Å². The van der Waals surface area contributed by atoms with E-state index in [4.69, 9.17) is 5.26 Å². The van der Waals surface area contributed by atoms with E-state index in [0.29, 0.717) is 12.1 Å². The zero-order chi connectivity index (χ0) is 14.4. The summed E-state index contributed by atoms with van der Waals surface area (Å²) in [5.74, 6) is -0.289. The van der Waals surface area contributed by atoms with Crippen LogP contribution >= 0.6 is 0 Å². The zero-order valence-electron chi connectivity index (χ0n) is 12.1. The van der Waals surface area contributed by atoms with Crippen LogP contribution in [-0.4, -0.2) is 20.1 Å². The lowest BCUT2D eigenvalue weighted by Crippen LogP contribution is -2.30. The molecule has 3 nitrogen and oxygen atoms in total. The smallest absolute Gasteiger partial charge is 0.130 e. The molecule has 19 heavy (non-hydrogen) atoms. The maximum Gasteiger partial charge on any atom is 0.130 e. The summed E-state index contributed by atoms with van der Waals surface area (Å²) in [7, 11) is 1.81. The van der Waals surface area contributed by atoms with Gasteiger partial charge in [-0.1, -0.05) is 6.07 Å². The highest BCUT2D eigenvalue weighted by Gasteiger charge is 2.19. The van der Waals surface area contributed by atoms with E-state index in [1.165, 1.54) is 6.07 Å². The van der Waals surface area contributed by atoms with Crippen molar-refractivity contribution >= 4 is 5.69 Å². The minimum Gasteiger partial charge on any atom is -0.370 e. The van der Waals surface area contributed by atoms with Crippen molar-refractivity contribution < 1.29 is 4.39 Å². The molecular formula is C15H22FN3. The summed E-state index contributed by atoms with van der Waals surface area (Å²) >= 11 is 0. The maximum atomic E-state index is 14.1. The second-order valence-electron chi connectivity index (χ2n) is 4.75. The predicted molar refractivity (Wildman–Crippen MR) is 76.5 cm³/mol. The molecule has 0 spiro atoms. The molecule has 1 rings (SSSR count). The molecule has 104 valence electrons. The molecule has 0 bridgehead atoms. The second-order valence-corrected chi connectivity index (χ2v) is 4.75. The lowest BCUT2D eigenvalue weighted by Gasteiger charge is -2.28. The SMILES string of the molecule is CCN(CC(C)C#N)c1cccc(F)c1C(C)NC. The third-order valence-electron chi connectivity index (χ3n) is 3.33. The number of hydrogen-bond acceptors (Lipinski definition) is 3. The summed E-state index contributed by atoms with van der Waals surface area (Å²) in [6.45, 7) is 7.19. The summed E-state index contributed by atoms with van der Waals surface area (Å²) in [5, 5.41) is 12.0. The van der Waals surface area contributed by atoms with Crippen LogP contribution in [0.3, 0.4) is 0 Å². The Balaban J connectivity index is 3.17. The van der Waals surface area contributed by atoms with Crippen LogP contribution < -0.4 is 10.2 Å². The number of nitrogens with one attached hydrogen (secondary N) is 1. The van der Waals surface area contributed by atoms with E-state index in [9.17, 15) is 4.39 Å². The van der Waals surface area contributed by atoms with Gasteiger partial charge in [-0.2, -0.15) is 5.26 Å². The van der Waals surface area contributed by atoms with Crippen LogP contribution in [0.25, 0.3) is 0 Å². The van der Waals surface area contributed by atoms with E-state index >= 15 is 0 Å². The van der Waals surface area contributed by atoms with Gasteiger partial charge in [0.05, 0.1) is 12.0 Å². The Morgan fingerprint density at radius 1 is 1.42 bits per heavy atom. The Bertz CT molecular complexity index is 453. The maximum absolute atomic E-state index is 14.1. The van der Waals surface area contributed by atoms with Crippen LogP contribution in [0.2, 0.25) is 0 Å². The Morgan fingerprint density at radius 2 is 2.11 bits per heavy atom. The summed E-state index contributed by atoms with van der Waals surface area (Å²) < 4.78 is 14.1. The molecule has 4 heteroatoms. The molecule has 0 radical (unpaired) electrons. The standard InChI is InChI=1S/C15H22FN3/c1-5-19(10-11(2)9-17)14-8-6-7-13(16)15(14)12(3)18-4/h6-8,11-12,18H,5,10H2,1-4H3. The van der Waals surface area contributed by atoms with Crippen LogP contribution in [0, 0.1) is 23.1 Å². The normalized spacial score (nSPS) is 13.7. The molecule has 0 fully saturated rings. The fourth-order valence-corrected chi connectivity index (χ4v) is 2.14. The van der Waals surface area contributed by atoms with Gasteiger partial charge in [0.2, 0.25) is 0 Å². The van der Waals surface area contributed by atoms with E-state index in [1.54, 1.807) is 6.07 Å². The van der Waals surface area contributed by atoms with Crippen molar-refractivity contribution in [2.75, 3.05) is 25.0 Å². The first-order valence-corrected chi connectivity index (χ1v) is 6.65. The molecule has 2 atom stereocenters. The highest BCUT2D eigenvalue weighted by Crippen LogP contribution is 2.29. The van der Waals surface area contributed by atoms with Crippen molar-refractivity contribution in [2.45, 2.75) is 26.8 Å². The molecule has 0 aliphatic rings. The highest BCUT2D eigenvalue weighted by atomic mass is 19.1. The third kappa shape index (κ3) is 3.68. The number of anilines is 1. The quantitative estimate of drug-likeness (QED) is 0.857. The molecule has 0 amide bonds. The fourth-order valence-electron chi connectivity index (χ4n) is 2.14. The number of rotatable bonds is 6. The molecule has 2 unspecified atom stereocenters. The molecule has 0 saturated heterocycles. The minimum absolute atomic E-state index is 0.0670. The van der Waals surface area contributed by atoms with Crippen molar-refractivity contribution in [1.82, 2.24) is 5.32 Å². The van der Waals surface area contributed by atoms with E-state index in [1.807, 2.05) is 33.9 Å². The molecule has 0 aliphatic heterocycles. The van der Waals surface area contributed by atoms with Crippen LogP contribution in [-0.2, 0) is 0 Å². The van der Waals surface area contributed by atoms with Crippen LogP contribution in [0.4, 0.5) is 10.1 Å². The number of nitriles is 1. The van der Waals surface area contributed by atoms with Gasteiger partial charge in [0, 0.05) is 30.4 Å². The fraction of sp³-hybridized carbons (Fsp3) is 0.533. The average Bonchev–Trinajstić information content (AvgIpc) is 2.43. The van der Waals surface area contributed by atoms with E-state index in [0.717, 1.165) is 12.2 Å². The number of nitrogens with zero attached hydrogens (tertiary/aromatic N) is 2. The second kappa shape index (κ2) is 7.10. The summed E-state index contributed by atoms with van der Waals surface area (Å²) in [6.07, 6.45) is 0. The lowest BCUT2D eigenvalue weighted by atomic mass is 10.0. The molecule has 1 N–H and O–H groups in total. The van der Waals surface area contributed by atoms with Gasteiger partial charge in [0.25, 0.3) is 0 Å². The van der Waals surface area contributed by atoms with Gasteiger partial charge < -0.3 is 10.2 Å². The van der Waals surface area contributed by atoms with E-state index < -0.39 is 0 Å². The first-order chi connectivity index (χ1) is 9.04. The van der Waals surface area contributed by atoms with Crippen LogP contribution in [0.15, 0.2) is 18.2 Å². The lowest BCUT2D eigenvalue weighted by molar-refractivity contribution is 0.557. The molecule has 1 aromatic rings. The van der Waals surface area contributed by atoms with Crippen molar-refractivity contribution in [1.29, 1.82) is 5.26 Å². The Labute approximate surface area is 115 Å². The zero-order valence-corrected chi connectivity index (χ0v) is 12.1. The summed E-state index contributed by atoms with van der Waals surface area (Å²) in [6, 6.07) is 7.27. The number of benzene rings is 1. The third-order valence-corrected chi connectivity index (χ3v) is 3.33. The van der Waals surface area contributed by atoms with Crippen LogP contribution in [0.5, 0.6) is 0 Å². The highest BCUT2D eigenvalue weighted by molar-refractivity contribution is 5.55. The van der Waals surface area contributed by atoms with E-state index in [2.05, 4.69) is 16.3 Å². The molecule has 1 aromatic carbocycles. The summed E-state index contributed by atoms with van der Waals surface area (Å²) in [4.78, 5) is 2.06. The Kier molecular flexibility index (Phi) is 5.78. The Morgan fingerprint density at radius 3 is 2.63 bits per heavy atom. The monoisotopic (exact) mass is 263 g/mol. The van der Waals surface area contributed by atoms with E-state index in [-0.39, 0.29) is 17.8 Å². The number of hydrogen-bond donors (Lipinski definition) is 1. The van der Waals surface area contributed by atoms with Gasteiger partial charge in [0.15, 0.2) is 0 Å². The van der Waals surface area contributed by atoms with Gasteiger partial charge in [0.1, 0.15) is 5.82 Å². The molecule has 0 aromatic heterocycles. The van der Waals surface area contributed by atoms with Gasteiger partial charge in [-0.15, -0.1) is 0 Å². The van der Waals surface area contributed by atoms with Gasteiger partial charge in [-0.25, -0.2) is 4.39 Å². The van der Waals surface area contributed by atoms with Gasteiger partial charge in [-0.05, 0) is 40.0 Å². The Hall–Kier alpha value is -1.60. The molecule has 0 aliphatic carbocycles. The van der Waals surface area contributed by atoms with Crippen molar-refractivity contribution in [3.63, 3.8) is 0 Å².